The van der Waals surface area contributed by atoms with Crippen LogP contribution in [0.3, 0.4) is 0 Å². The third-order valence-electron chi connectivity index (χ3n) is 4.72. The molecule has 2 N–H and O–H groups in total. The molecule has 2 amide bonds. The zero-order chi connectivity index (χ0) is 19.9. The van der Waals surface area contributed by atoms with Crippen LogP contribution in [-0.4, -0.2) is 72.4 Å². The van der Waals surface area contributed by atoms with Gasteiger partial charge in [-0.15, -0.1) is 0 Å². The molecule has 0 atom stereocenters. The summed E-state index contributed by atoms with van der Waals surface area (Å²) < 4.78 is 6.96. The van der Waals surface area contributed by atoms with E-state index in [-0.39, 0.29) is 18.4 Å². The van der Waals surface area contributed by atoms with Crippen molar-refractivity contribution in [1.29, 1.82) is 0 Å². The van der Waals surface area contributed by atoms with Crippen LogP contribution in [0.25, 0.3) is 11.3 Å². The number of morpholine rings is 1. The summed E-state index contributed by atoms with van der Waals surface area (Å²) in [6.45, 7) is 6.53. The van der Waals surface area contributed by atoms with Crippen molar-refractivity contribution in [1.82, 2.24) is 25.3 Å². The Morgan fingerprint density at radius 2 is 1.86 bits per heavy atom. The van der Waals surface area contributed by atoms with Gasteiger partial charge in [0.2, 0.25) is 5.91 Å². The quantitative estimate of drug-likeness (QED) is 0.728. The van der Waals surface area contributed by atoms with Crippen molar-refractivity contribution in [2.75, 3.05) is 45.9 Å². The highest BCUT2D eigenvalue weighted by molar-refractivity contribution is 5.95. The number of carbonyl (C=O) groups excluding carboxylic acids is 2. The largest absolute Gasteiger partial charge is 0.379 e. The molecule has 1 aliphatic rings. The molecule has 2 heterocycles. The topological polar surface area (TPSA) is 88.5 Å². The number of hydrogen-bond acceptors (Lipinski definition) is 5. The van der Waals surface area contributed by atoms with E-state index in [2.05, 4.69) is 20.6 Å². The van der Waals surface area contributed by atoms with Gasteiger partial charge in [-0.1, -0.05) is 29.8 Å². The molecule has 0 saturated carbocycles. The number of ether oxygens (including phenoxy) is 1. The van der Waals surface area contributed by atoms with Gasteiger partial charge in [-0.3, -0.25) is 19.2 Å². The smallest absolute Gasteiger partial charge is 0.272 e. The fourth-order valence-corrected chi connectivity index (χ4v) is 3.06. The molecule has 1 aromatic carbocycles. The van der Waals surface area contributed by atoms with Gasteiger partial charge in [-0.05, 0) is 18.6 Å². The zero-order valence-corrected chi connectivity index (χ0v) is 16.4. The van der Waals surface area contributed by atoms with Crippen LogP contribution in [-0.2, 0) is 16.6 Å². The van der Waals surface area contributed by atoms with E-state index in [9.17, 15) is 9.59 Å². The van der Waals surface area contributed by atoms with Gasteiger partial charge in [-0.2, -0.15) is 5.10 Å². The van der Waals surface area contributed by atoms with Crippen molar-refractivity contribution < 1.29 is 14.3 Å². The number of benzene rings is 1. The predicted octanol–water partition coefficient (Wildman–Crippen LogP) is 0.574. The lowest BCUT2D eigenvalue weighted by atomic mass is 10.1. The average Bonchev–Trinajstić information content (AvgIpc) is 3.09. The molecule has 3 rings (SSSR count). The summed E-state index contributed by atoms with van der Waals surface area (Å²) >= 11 is 0. The van der Waals surface area contributed by atoms with Crippen molar-refractivity contribution >= 4 is 11.8 Å². The standard InChI is InChI=1S/C20H27N5O3/c1-15-3-5-16(6-4-15)18-13-17(23-24(18)2)20(27)22-14-19(26)21-7-8-25-9-11-28-12-10-25/h3-6,13H,7-12,14H2,1-2H3,(H,21,26)(H,22,27). The minimum absolute atomic E-state index is 0.0710. The Hall–Kier alpha value is -2.71. The van der Waals surface area contributed by atoms with Gasteiger partial charge in [0, 0.05) is 33.2 Å². The fourth-order valence-electron chi connectivity index (χ4n) is 3.06. The number of aryl methyl sites for hydroxylation is 2. The zero-order valence-electron chi connectivity index (χ0n) is 16.4. The molecular weight excluding hydrogens is 358 g/mol. The Balaban J connectivity index is 1.46. The molecule has 1 aliphatic heterocycles. The van der Waals surface area contributed by atoms with Crippen LogP contribution in [0.15, 0.2) is 30.3 Å². The summed E-state index contributed by atoms with van der Waals surface area (Å²) in [6.07, 6.45) is 0. The second-order valence-electron chi connectivity index (χ2n) is 6.89. The Bertz CT molecular complexity index is 810. The first-order valence-electron chi connectivity index (χ1n) is 9.49. The van der Waals surface area contributed by atoms with Crippen molar-refractivity contribution in [3.05, 3.63) is 41.6 Å². The first-order chi connectivity index (χ1) is 13.5. The number of rotatable bonds is 7. The number of amides is 2. The van der Waals surface area contributed by atoms with Crippen LogP contribution in [0, 0.1) is 6.92 Å². The maximum Gasteiger partial charge on any atom is 0.272 e. The monoisotopic (exact) mass is 385 g/mol. The summed E-state index contributed by atoms with van der Waals surface area (Å²) in [6, 6.07) is 9.76. The maximum atomic E-state index is 12.3. The highest BCUT2D eigenvalue weighted by Crippen LogP contribution is 2.20. The fraction of sp³-hybridized carbons (Fsp3) is 0.450. The van der Waals surface area contributed by atoms with Gasteiger partial charge < -0.3 is 15.4 Å². The first-order valence-corrected chi connectivity index (χ1v) is 9.49. The van der Waals surface area contributed by atoms with Gasteiger partial charge in [0.1, 0.15) is 0 Å². The van der Waals surface area contributed by atoms with E-state index in [1.165, 1.54) is 5.56 Å². The molecular formula is C20H27N5O3. The minimum Gasteiger partial charge on any atom is -0.379 e. The highest BCUT2D eigenvalue weighted by Gasteiger charge is 2.15. The molecule has 1 aromatic heterocycles. The average molecular weight is 385 g/mol. The number of nitrogens with zero attached hydrogens (tertiary/aromatic N) is 3. The molecule has 28 heavy (non-hydrogen) atoms. The third-order valence-corrected chi connectivity index (χ3v) is 4.72. The van der Waals surface area contributed by atoms with Crippen LogP contribution >= 0.6 is 0 Å². The molecule has 0 radical (unpaired) electrons. The Morgan fingerprint density at radius 3 is 2.57 bits per heavy atom. The number of hydrogen-bond donors (Lipinski definition) is 2. The molecule has 1 saturated heterocycles. The second kappa shape index (κ2) is 9.48. The lowest BCUT2D eigenvalue weighted by Crippen LogP contribution is -2.43. The molecule has 0 aliphatic carbocycles. The second-order valence-corrected chi connectivity index (χ2v) is 6.89. The Labute approximate surface area is 164 Å². The van der Waals surface area contributed by atoms with Crippen LogP contribution in [0.4, 0.5) is 0 Å². The van der Waals surface area contributed by atoms with Crippen LogP contribution < -0.4 is 10.6 Å². The molecule has 8 heteroatoms. The normalized spacial score (nSPS) is 14.6. The van der Waals surface area contributed by atoms with Gasteiger partial charge in [0.05, 0.1) is 25.5 Å². The molecule has 0 bridgehead atoms. The van der Waals surface area contributed by atoms with E-state index in [1.807, 2.05) is 31.2 Å². The summed E-state index contributed by atoms with van der Waals surface area (Å²) in [4.78, 5) is 26.5. The van der Waals surface area contributed by atoms with Gasteiger partial charge in [0.15, 0.2) is 5.69 Å². The maximum absolute atomic E-state index is 12.3. The lowest BCUT2D eigenvalue weighted by Gasteiger charge is -2.26. The van der Waals surface area contributed by atoms with Crippen LogP contribution in [0.1, 0.15) is 16.1 Å². The van der Waals surface area contributed by atoms with Crippen molar-refractivity contribution in [2.24, 2.45) is 7.05 Å². The molecule has 0 unspecified atom stereocenters. The van der Waals surface area contributed by atoms with Crippen molar-refractivity contribution in [3.63, 3.8) is 0 Å². The summed E-state index contributed by atoms with van der Waals surface area (Å²) in [5.74, 6) is -0.575. The van der Waals surface area contributed by atoms with Gasteiger partial charge >= 0.3 is 0 Å². The predicted molar refractivity (Wildman–Crippen MR) is 106 cm³/mol. The molecule has 0 spiro atoms. The third kappa shape index (κ3) is 5.40. The van der Waals surface area contributed by atoms with Crippen LogP contribution in [0.2, 0.25) is 0 Å². The summed E-state index contributed by atoms with van der Waals surface area (Å²) in [7, 11) is 1.80. The number of aromatic nitrogens is 2. The van der Waals surface area contributed by atoms with Gasteiger partial charge in [-0.25, -0.2) is 0 Å². The van der Waals surface area contributed by atoms with E-state index < -0.39 is 0 Å². The Morgan fingerprint density at radius 1 is 1.14 bits per heavy atom. The summed E-state index contributed by atoms with van der Waals surface area (Å²) in [5, 5.41) is 9.72. The molecule has 150 valence electrons. The SMILES string of the molecule is Cc1ccc(-c2cc(C(=O)NCC(=O)NCCN3CCOCC3)nn2C)cc1. The van der Waals surface area contributed by atoms with Gasteiger partial charge in [0.25, 0.3) is 5.91 Å². The Kier molecular flexibility index (Phi) is 6.78. The van der Waals surface area contributed by atoms with E-state index >= 15 is 0 Å². The molecule has 2 aromatic rings. The van der Waals surface area contributed by atoms with E-state index in [1.54, 1.807) is 17.8 Å². The molecule has 8 nitrogen and oxygen atoms in total. The van der Waals surface area contributed by atoms with E-state index in [0.29, 0.717) is 12.2 Å². The van der Waals surface area contributed by atoms with E-state index in [0.717, 1.165) is 44.1 Å². The number of carbonyl (C=O) groups is 2. The summed E-state index contributed by atoms with van der Waals surface area (Å²) in [5.41, 5.74) is 3.29. The van der Waals surface area contributed by atoms with Crippen molar-refractivity contribution in [2.45, 2.75) is 6.92 Å². The van der Waals surface area contributed by atoms with E-state index in [4.69, 9.17) is 4.74 Å². The number of nitrogens with one attached hydrogen (secondary N) is 2. The van der Waals surface area contributed by atoms with Crippen molar-refractivity contribution in [3.8, 4) is 11.3 Å². The lowest BCUT2D eigenvalue weighted by molar-refractivity contribution is -0.120. The molecule has 1 fully saturated rings. The first kappa shape index (κ1) is 20.0. The highest BCUT2D eigenvalue weighted by atomic mass is 16.5. The van der Waals surface area contributed by atoms with Crippen LogP contribution in [0.5, 0.6) is 0 Å². The minimum atomic E-state index is -0.364.